The number of sulfonamides is 1. The summed E-state index contributed by atoms with van der Waals surface area (Å²) in [7, 11) is -3.38. The molecule has 168 valence electrons. The van der Waals surface area contributed by atoms with Crippen LogP contribution < -0.4 is 4.72 Å². The molecule has 0 radical (unpaired) electrons. The fourth-order valence-corrected chi connectivity index (χ4v) is 5.25. The van der Waals surface area contributed by atoms with E-state index in [9.17, 15) is 13.2 Å². The molecule has 10 heteroatoms. The zero-order chi connectivity index (χ0) is 21.8. The Kier molecular flexibility index (Phi) is 6.68. The molecule has 2 aromatic rings. The van der Waals surface area contributed by atoms with Crippen molar-refractivity contribution in [1.29, 1.82) is 0 Å². The Morgan fingerprint density at radius 3 is 2.55 bits per heavy atom. The number of carbonyl (C=O) groups is 1. The topological polar surface area (TPSA) is 111 Å². The first-order valence-electron chi connectivity index (χ1n) is 10.9. The SMILES string of the molecule is CS(=O)(=O)N[C@H]1C[C@@H](c2nc(-c3ccccc3)n[nH]2)N(C(=O)CN2CCCCCC2)C1. The molecule has 2 aliphatic rings. The number of hydrogen-bond donors (Lipinski definition) is 2. The molecule has 4 rings (SSSR count). The van der Waals surface area contributed by atoms with Crippen LogP contribution in [0, 0.1) is 0 Å². The van der Waals surface area contributed by atoms with Crippen molar-refractivity contribution < 1.29 is 13.2 Å². The van der Waals surface area contributed by atoms with Crippen LogP contribution >= 0.6 is 0 Å². The molecule has 0 aliphatic carbocycles. The highest BCUT2D eigenvalue weighted by Crippen LogP contribution is 2.31. The van der Waals surface area contributed by atoms with E-state index in [2.05, 4.69) is 24.8 Å². The Bertz CT molecular complexity index is 986. The first-order chi connectivity index (χ1) is 14.9. The Hall–Kier alpha value is -2.30. The summed E-state index contributed by atoms with van der Waals surface area (Å²) in [6, 6.07) is 8.93. The van der Waals surface area contributed by atoms with E-state index in [-0.39, 0.29) is 18.0 Å². The number of aromatic nitrogens is 3. The Labute approximate surface area is 183 Å². The van der Waals surface area contributed by atoms with Crippen molar-refractivity contribution in [3.05, 3.63) is 36.2 Å². The number of likely N-dealkylation sites (tertiary alicyclic amines) is 2. The highest BCUT2D eigenvalue weighted by Gasteiger charge is 2.39. The van der Waals surface area contributed by atoms with Gasteiger partial charge in [-0.25, -0.2) is 18.1 Å². The Morgan fingerprint density at radius 2 is 1.87 bits per heavy atom. The number of nitrogens with zero attached hydrogens (tertiary/aromatic N) is 4. The maximum atomic E-state index is 13.2. The van der Waals surface area contributed by atoms with E-state index < -0.39 is 10.0 Å². The van der Waals surface area contributed by atoms with Gasteiger partial charge in [-0.1, -0.05) is 43.2 Å². The number of amides is 1. The average Bonchev–Trinajstić information content (AvgIpc) is 3.29. The van der Waals surface area contributed by atoms with Gasteiger partial charge in [0.2, 0.25) is 15.9 Å². The molecular weight excluding hydrogens is 416 g/mol. The standard InChI is InChI=1S/C21H30N6O3S/c1-31(29,30)25-17-13-18(21-22-20(23-24-21)16-9-5-4-6-10-16)27(14-17)19(28)15-26-11-7-2-3-8-12-26/h4-6,9-10,17-18,25H,2-3,7-8,11-15H2,1H3,(H,22,23,24)/t17-,18-/m0/s1. The van der Waals surface area contributed by atoms with E-state index in [0.29, 0.717) is 31.2 Å². The molecule has 9 nitrogen and oxygen atoms in total. The fourth-order valence-electron chi connectivity index (χ4n) is 4.48. The Morgan fingerprint density at radius 1 is 1.16 bits per heavy atom. The molecule has 0 unspecified atom stereocenters. The van der Waals surface area contributed by atoms with Crippen molar-refractivity contribution in [3.63, 3.8) is 0 Å². The third-order valence-electron chi connectivity index (χ3n) is 5.91. The van der Waals surface area contributed by atoms with Crippen LogP contribution in [0.25, 0.3) is 11.4 Å². The summed E-state index contributed by atoms with van der Waals surface area (Å²) in [5.74, 6) is 1.15. The van der Waals surface area contributed by atoms with Gasteiger partial charge in [-0.3, -0.25) is 14.8 Å². The van der Waals surface area contributed by atoms with Crippen molar-refractivity contribution in [2.24, 2.45) is 0 Å². The molecule has 2 saturated heterocycles. The van der Waals surface area contributed by atoms with Crippen LogP contribution in [0.15, 0.2) is 30.3 Å². The van der Waals surface area contributed by atoms with Crippen LogP contribution in [0.3, 0.4) is 0 Å². The third kappa shape index (κ3) is 5.69. The molecule has 2 fully saturated rings. The van der Waals surface area contributed by atoms with Gasteiger partial charge in [-0.15, -0.1) is 0 Å². The second-order valence-electron chi connectivity index (χ2n) is 8.49. The first kappa shape index (κ1) is 21.9. The molecule has 1 amide bonds. The van der Waals surface area contributed by atoms with Gasteiger partial charge in [0.05, 0.1) is 18.8 Å². The van der Waals surface area contributed by atoms with Crippen LogP contribution in [0.5, 0.6) is 0 Å². The molecule has 1 aromatic carbocycles. The van der Waals surface area contributed by atoms with E-state index >= 15 is 0 Å². The number of nitrogens with one attached hydrogen (secondary N) is 2. The highest BCUT2D eigenvalue weighted by atomic mass is 32.2. The molecule has 1 aromatic heterocycles. The van der Waals surface area contributed by atoms with Crippen molar-refractivity contribution in [2.45, 2.75) is 44.2 Å². The van der Waals surface area contributed by atoms with E-state index in [1.807, 2.05) is 30.3 Å². The summed E-state index contributed by atoms with van der Waals surface area (Å²) < 4.78 is 26.2. The maximum Gasteiger partial charge on any atom is 0.237 e. The smallest absolute Gasteiger partial charge is 0.237 e. The zero-order valence-electron chi connectivity index (χ0n) is 17.8. The van der Waals surface area contributed by atoms with E-state index in [0.717, 1.165) is 37.8 Å². The monoisotopic (exact) mass is 446 g/mol. The predicted octanol–water partition coefficient (Wildman–Crippen LogP) is 1.54. The average molecular weight is 447 g/mol. The quantitative estimate of drug-likeness (QED) is 0.696. The minimum absolute atomic E-state index is 0.00219. The van der Waals surface area contributed by atoms with E-state index in [1.54, 1.807) is 4.90 Å². The lowest BCUT2D eigenvalue weighted by molar-refractivity contribution is -0.133. The highest BCUT2D eigenvalue weighted by molar-refractivity contribution is 7.88. The molecule has 31 heavy (non-hydrogen) atoms. The minimum atomic E-state index is -3.38. The van der Waals surface area contributed by atoms with Gasteiger partial charge in [-0.2, -0.15) is 5.10 Å². The Balaban J connectivity index is 1.54. The van der Waals surface area contributed by atoms with Crippen LogP contribution in [-0.2, 0) is 14.8 Å². The molecule has 0 saturated carbocycles. The number of rotatable bonds is 6. The van der Waals surface area contributed by atoms with Gasteiger partial charge >= 0.3 is 0 Å². The van der Waals surface area contributed by atoms with Crippen molar-refractivity contribution >= 4 is 15.9 Å². The third-order valence-corrected chi connectivity index (χ3v) is 6.67. The van der Waals surface area contributed by atoms with Crippen LogP contribution in [-0.4, -0.2) is 77.8 Å². The summed E-state index contributed by atoms with van der Waals surface area (Å²) in [5.41, 5.74) is 0.885. The van der Waals surface area contributed by atoms with Gasteiger partial charge in [0, 0.05) is 18.2 Å². The minimum Gasteiger partial charge on any atom is -0.330 e. The van der Waals surface area contributed by atoms with Crippen LogP contribution in [0.4, 0.5) is 0 Å². The number of benzene rings is 1. The van der Waals surface area contributed by atoms with Gasteiger partial charge in [-0.05, 0) is 32.4 Å². The van der Waals surface area contributed by atoms with Gasteiger partial charge in [0.25, 0.3) is 0 Å². The normalized spacial score (nSPS) is 23.1. The maximum absolute atomic E-state index is 13.2. The van der Waals surface area contributed by atoms with Crippen molar-refractivity contribution in [2.75, 3.05) is 32.4 Å². The second kappa shape index (κ2) is 9.46. The molecule has 2 N–H and O–H groups in total. The van der Waals surface area contributed by atoms with Gasteiger partial charge < -0.3 is 4.90 Å². The van der Waals surface area contributed by atoms with E-state index in [4.69, 9.17) is 0 Å². The van der Waals surface area contributed by atoms with E-state index in [1.165, 1.54) is 12.8 Å². The number of H-pyrrole nitrogens is 1. The lowest BCUT2D eigenvalue weighted by atomic mass is 10.1. The molecule has 0 bridgehead atoms. The fraction of sp³-hybridized carbons (Fsp3) is 0.571. The lowest BCUT2D eigenvalue weighted by Gasteiger charge is -2.27. The van der Waals surface area contributed by atoms with Gasteiger partial charge in [0.1, 0.15) is 5.82 Å². The van der Waals surface area contributed by atoms with Crippen LogP contribution in [0.2, 0.25) is 0 Å². The van der Waals surface area contributed by atoms with Crippen LogP contribution in [0.1, 0.15) is 44.0 Å². The summed E-state index contributed by atoms with van der Waals surface area (Å²) in [5, 5.41) is 7.31. The van der Waals surface area contributed by atoms with Gasteiger partial charge in [0.15, 0.2) is 5.82 Å². The molecule has 0 spiro atoms. The summed E-state index contributed by atoms with van der Waals surface area (Å²) >= 11 is 0. The molecular formula is C21H30N6O3S. The first-order valence-corrected chi connectivity index (χ1v) is 12.7. The lowest BCUT2D eigenvalue weighted by Crippen LogP contribution is -2.42. The van der Waals surface area contributed by atoms with Crippen molar-refractivity contribution in [1.82, 2.24) is 29.7 Å². The summed E-state index contributed by atoms with van der Waals surface area (Å²) in [4.78, 5) is 21.8. The predicted molar refractivity (Wildman–Crippen MR) is 118 cm³/mol. The molecule has 2 aliphatic heterocycles. The molecule has 2 atom stereocenters. The summed E-state index contributed by atoms with van der Waals surface area (Å²) in [6.07, 6.45) is 6.23. The zero-order valence-corrected chi connectivity index (χ0v) is 18.6. The second-order valence-corrected chi connectivity index (χ2v) is 10.3. The number of hydrogen-bond acceptors (Lipinski definition) is 6. The number of aromatic amines is 1. The number of carbonyl (C=O) groups excluding carboxylic acids is 1. The summed E-state index contributed by atoms with van der Waals surface area (Å²) in [6.45, 7) is 2.53. The molecule has 3 heterocycles. The largest absolute Gasteiger partial charge is 0.330 e. The van der Waals surface area contributed by atoms with Crippen molar-refractivity contribution in [3.8, 4) is 11.4 Å².